The molecule has 1 N–H and O–H groups in total. The van der Waals surface area contributed by atoms with Gasteiger partial charge >= 0.3 is 6.09 Å². The average Bonchev–Trinajstić information content (AvgIpc) is 2.84. The molecule has 4 rings (SSSR count). The van der Waals surface area contributed by atoms with E-state index in [0.29, 0.717) is 47.7 Å². The number of aromatic nitrogens is 1. The Labute approximate surface area is 205 Å². The van der Waals surface area contributed by atoms with Gasteiger partial charge in [-0.15, -0.1) is 0 Å². The van der Waals surface area contributed by atoms with Crippen LogP contribution < -0.4 is 0 Å². The van der Waals surface area contributed by atoms with Gasteiger partial charge in [-0.05, 0) is 43.7 Å². The number of benzene rings is 2. The van der Waals surface area contributed by atoms with Gasteiger partial charge in [0.2, 0.25) is 0 Å². The first-order chi connectivity index (χ1) is 16.7. The number of hydrogen-bond acceptors (Lipinski definition) is 5. The van der Waals surface area contributed by atoms with Gasteiger partial charge in [0.1, 0.15) is 0 Å². The number of nitrogens with zero attached hydrogens (tertiary/aromatic N) is 3. The van der Waals surface area contributed by atoms with Crippen LogP contribution in [0.3, 0.4) is 0 Å². The van der Waals surface area contributed by atoms with Crippen LogP contribution in [-0.2, 0) is 4.74 Å². The highest BCUT2D eigenvalue weighted by atomic mass is 35.5. The van der Waals surface area contributed by atoms with Crippen molar-refractivity contribution < 1.29 is 28.2 Å². The Bertz CT molecular complexity index is 1280. The lowest BCUT2D eigenvalue weighted by Gasteiger charge is -2.39. The zero-order chi connectivity index (χ0) is 25.3. The predicted molar refractivity (Wildman–Crippen MR) is 127 cm³/mol. The van der Waals surface area contributed by atoms with Crippen molar-refractivity contribution in [2.24, 2.45) is 0 Å². The normalized spacial score (nSPS) is 16.0. The molecule has 0 saturated carbocycles. The third-order valence-corrected chi connectivity index (χ3v) is 6.21. The Balaban J connectivity index is 1.60. The lowest BCUT2D eigenvalue weighted by Crippen LogP contribution is -2.55. The minimum absolute atomic E-state index is 0.0954. The fraction of sp³-hybridized carbons (Fsp3) is 0.320. The van der Waals surface area contributed by atoms with Crippen LogP contribution in [0.4, 0.5) is 13.6 Å². The highest BCUT2D eigenvalue weighted by Gasteiger charge is 2.31. The number of halogens is 3. The molecule has 0 aliphatic carbocycles. The summed E-state index contributed by atoms with van der Waals surface area (Å²) in [5.41, 5.74) is 1.03. The molecule has 7 nitrogen and oxygen atoms in total. The summed E-state index contributed by atoms with van der Waals surface area (Å²) in [4.78, 5) is 33.2. The van der Waals surface area contributed by atoms with Gasteiger partial charge in [0, 0.05) is 42.2 Å². The number of carbonyl (C=O) groups is 2. The number of fused-ring (bicyclic) bond motifs is 1. The van der Waals surface area contributed by atoms with E-state index >= 15 is 0 Å². The molecule has 1 unspecified atom stereocenters. The molecule has 3 aromatic rings. The van der Waals surface area contributed by atoms with E-state index in [1.807, 2.05) is 13.8 Å². The van der Waals surface area contributed by atoms with Crippen molar-refractivity contribution in [1.29, 1.82) is 0 Å². The van der Waals surface area contributed by atoms with E-state index < -0.39 is 17.4 Å². The second-order valence-corrected chi connectivity index (χ2v) is 8.82. The molecule has 2 heterocycles. The molecule has 1 aliphatic heterocycles. The Morgan fingerprint density at radius 3 is 2.54 bits per heavy atom. The van der Waals surface area contributed by atoms with Gasteiger partial charge in [-0.1, -0.05) is 24.6 Å². The van der Waals surface area contributed by atoms with Gasteiger partial charge in [0.05, 0.1) is 22.8 Å². The molecule has 184 valence electrons. The van der Waals surface area contributed by atoms with E-state index in [1.165, 1.54) is 6.07 Å². The second-order valence-electron chi connectivity index (χ2n) is 8.42. The lowest BCUT2D eigenvalue weighted by atomic mass is 10.1. The first kappa shape index (κ1) is 24.7. The van der Waals surface area contributed by atoms with Crippen LogP contribution in [0.15, 0.2) is 36.4 Å². The number of ether oxygens (including phenoxy) is 1. The van der Waals surface area contributed by atoms with Gasteiger partial charge < -0.3 is 19.6 Å². The van der Waals surface area contributed by atoms with E-state index in [9.17, 15) is 23.5 Å². The molecule has 0 bridgehead atoms. The third-order valence-electron chi connectivity index (χ3n) is 5.90. The Morgan fingerprint density at radius 1 is 1.17 bits per heavy atom. The monoisotopic (exact) mass is 503 g/mol. The van der Waals surface area contributed by atoms with Gasteiger partial charge in [0.25, 0.3) is 5.91 Å². The van der Waals surface area contributed by atoms with E-state index in [0.717, 1.165) is 18.6 Å². The van der Waals surface area contributed by atoms with E-state index in [2.05, 4.69) is 4.98 Å². The van der Waals surface area contributed by atoms with Gasteiger partial charge in [-0.2, -0.15) is 0 Å². The summed E-state index contributed by atoms with van der Waals surface area (Å²) < 4.78 is 32.9. The van der Waals surface area contributed by atoms with Gasteiger partial charge in [-0.25, -0.2) is 18.6 Å². The van der Waals surface area contributed by atoms with Crippen LogP contribution in [-0.4, -0.2) is 64.2 Å². The number of phenols is 1. The Kier molecular flexibility index (Phi) is 7.07. The van der Waals surface area contributed by atoms with Crippen molar-refractivity contribution in [3.63, 3.8) is 0 Å². The third kappa shape index (κ3) is 5.00. The zero-order valence-electron chi connectivity index (χ0n) is 19.2. The number of amides is 2. The number of rotatable bonds is 4. The molecule has 1 atom stereocenters. The fourth-order valence-corrected chi connectivity index (χ4v) is 4.32. The summed E-state index contributed by atoms with van der Waals surface area (Å²) in [5.74, 6) is -3.53. The largest absolute Gasteiger partial charge is 0.503 e. The summed E-state index contributed by atoms with van der Waals surface area (Å²) in [6.07, 6.45) is 0.350. The molecule has 1 fully saturated rings. The molecule has 1 aliphatic rings. The molecule has 1 saturated heterocycles. The van der Waals surface area contributed by atoms with Crippen LogP contribution in [0.5, 0.6) is 5.75 Å². The molecule has 10 heteroatoms. The quantitative estimate of drug-likeness (QED) is 0.527. The molecular formula is C25H24ClF2N3O4. The number of phenolic OH excluding ortho intramolecular Hbond substituents is 1. The molecule has 0 radical (unpaired) electrons. The number of pyridine rings is 1. The maximum atomic E-state index is 13.9. The molecule has 2 amide bonds. The molecule has 1 aromatic heterocycles. The number of hydrogen-bond donors (Lipinski definition) is 1. The van der Waals surface area contributed by atoms with Crippen LogP contribution >= 0.6 is 11.6 Å². The number of piperazine rings is 1. The maximum absolute atomic E-state index is 13.9. The molecule has 0 spiro atoms. The second kappa shape index (κ2) is 10.0. The van der Waals surface area contributed by atoms with Gasteiger partial charge in [-0.3, -0.25) is 4.79 Å². The van der Waals surface area contributed by atoms with E-state index in [-0.39, 0.29) is 29.3 Å². The maximum Gasteiger partial charge on any atom is 0.409 e. The van der Waals surface area contributed by atoms with Crippen molar-refractivity contribution in [3.05, 3.63) is 58.6 Å². The summed E-state index contributed by atoms with van der Waals surface area (Å²) >= 11 is 6.39. The zero-order valence-corrected chi connectivity index (χ0v) is 20.0. The molecular weight excluding hydrogens is 480 g/mol. The predicted octanol–water partition coefficient (Wildman–Crippen LogP) is 5.23. The summed E-state index contributed by atoms with van der Waals surface area (Å²) in [6, 6.07) is 8.06. The minimum atomic E-state index is -1.12. The average molecular weight is 504 g/mol. The number of aromatic hydroxyl groups is 1. The van der Waals surface area contributed by atoms with Crippen LogP contribution in [0.1, 0.15) is 30.6 Å². The minimum Gasteiger partial charge on any atom is -0.503 e. The summed E-state index contributed by atoms with van der Waals surface area (Å²) in [5, 5.41) is 10.2. The van der Waals surface area contributed by atoms with Crippen molar-refractivity contribution in [2.45, 2.75) is 26.3 Å². The molecule has 35 heavy (non-hydrogen) atoms. The van der Waals surface area contributed by atoms with Gasteiger partial charge in [0.15, 0.2) is 17.4 Å². The highest BCUT2D eigenvalue weighted by molar-refractivity contribution is 6.35. The van der Waals surface area contributed by atoms with Crippen LogP contribution in [0.25, 0.3) is 22.2 Å². The SMILES string of the molecule is CCCOC(=O)N1CCN(C(=O)c2ccc3c(Cl)cc(-c4cc(F)c(O)c(F)c4)nc3c2)C(C)C1. The van der Waals surface area contributed by atoms with E-state index in [4.69, 9.17) is 16.3 Å². The Hall–Kier alpha value is -3.46. The van der Waals surface area contributed by atoms with Crippen molar-refractivity contribution in [3.8, 4) is 17.0 Å². The van der Waals surface area contributed by atoms with Crippen molar-refractivity contribution in [1.82, 2.24) is 14.8 Å². The topological polar surface area (TPSA) is 83.0 Å². The van der Waals surface area contributed by atoms with Crippen molar-refractivity contribution >= 4 is 34.5 Å². The van der Waals surface area contributed by atoms with Crippen LogP contribution in [0.2, 0.25) is 5.02 Å². The Morgan fingerprint density at radius 2 is 1.89 bits per heavy atom. The fourth-order valence-electron chi connectivity index (χ4n) is 4.05. The number of carbonyl (C=O) groups excluding carboxylic acids is 2. The van der Waals surface area contributed by atoms with Crippen LogP contribution in [0, 0.1) is 11.6 Å². The van der Waals surface area contributed by atoms with Crippen molar-refractivity contribution in [2.75, 3.05) is 26.2 Å². The first-order valence-corrected chi connectivity index (χ1v) is 11.6. The first-order valence-electron chi connectivity index (χ1n) is 11.2. The smallest absolute Gasteiger partial charge is 0.409 e. The standard InChI is InChI=1S/C25H24ClF2N3O4/c1-3-8-35-25(34)30-6-7-31(14(2)13-30)24(33)15-4-5-17-18(26)12-21(29-22(17)11-15)16-9-19(27)23(32)20(28)10-16/h4-5,9-12,14,32H,3,6-8,13H2,1-2H3. The summed E-state index contributed by atoms with van der Waals surface area (Å²) in [7, 11) is 0. The lowest BCUT2D eigenvalue weighted by molar-refractivity contribution is 0.0414. The molecule has 2 aromatic carbocycles. The highest BCUT2D eigenvalue weighted by Crippen LogP contribution is 2.32. The van der Waals surface area contributed by atoms with E-state index in [1.54, 1.807) is 28.0 Å². The summed E-state index contributed by atoms with van der Waals surface area (Å²) in [6.45, 7) is 5.19.